The smallest absolute Gasteiger partial charge is 0.0379 e. The van der Waals surface area contributed by atoms with Crippen molar-refractivity contribution in [1.29, 1.82) is 0 Å². The highest BCUT2D eigenvalue weighted by Gasteiger charge is 2.39. The molecule has 4 rings (SSSR count). The van der Waals surface area contributed by atoms with Crippen LogP contribution in [0.5, 0.6) is 0 Å². The van der Waals surface area contributed by atoms with Gasteiger partial charge in [0.2, 0.25) is 0 Å². The molecule has 3 aliphatic heterocycles. The van der Waals surface area contributed by atoms with Gasteiger partial charge in [-0.15, -0.1) is 0 Å². The van der Waals surface area contributed by atoms with E-state index in [9.17, 15) is 4.21 Å². The van der Waals surface area contributed by atoms with E-state index in [0.29, 0.717) is 5.92 Å². The summed E-state index contributed by atoms with van der Waals surface area (Å²) >= 11 is 0. The molecule has 134 valence electrons. The molecule has 4 heteroatoms. The number of nitrogens with one attached hydrogen (secondary N) is 1. The SMILES string of the molecule is CN1CCC[C@@H]1CC1(C)CNc2ccc(C3CCS(=O)CC3)cc21.[HH]. The van der Waals surface area contributed by atoms with Crippen molar-refractivity contribution >= 4 is 16.5 Å². The first-order chi connectivity index (χ1) is 11.5. The molecule has 1 aromatic rings. The molecule has 1 aromatic carbocycles. The van der Waals surface area contributed by atoms with Gasteiger partial charge in [0.25, 0.3) is 0 Å². The summed E-state index contributed by atoms with van der Waals surface area (Å²) in [7, 11) is 1.71. The summed E-state index contributed by atoms with van der Waals surface area (Å²) in [6, 6.07) is 7.80. The third kappa shape index (κ3) is 3.03. The van der Waals surface area contributed by atoms with Crippen LogP contribution in [0.1, 0.15) is 57.5 Å². The van der Waals surface area contributed by atoms with Crippen LogP contribution in [0.3, 0.4) is 0 Å². The van der Waals surface area contributed by atoms with Gasteiger partial charge in [-0.05, 0) is 68.8 Å². The Morgan fingerprint density at radius 1 is 1.33 bits per heavy atom. The number of nitrogens with zero attached hydrogens (tertiary/aromatic N) is 1. The molecule has 0 radical (unpaired) electrons. The Morgan fingerprint density at radius 2 is 2.12 bits per heavy atom. The zero-order valence-corrected chi connectivity index (χ0v) is 15.8. The average molecular weight is 349 g/mol. The lowest BCUT2D eigenvalue weighted by Gasteiger charge is -2.31. The first-order valence-corrected chi connectivity index (χ1v) is 11.0. The fourth-order valence-corrected chi connectivity index (χ4v) is 6.22. The lowest BCUT2D eigenvalue weighted by atomic mass is 9.77. The van der Waals surface area contributed by atoms with E-state index in [2.05, 4.69) is 42.4 Å². The lowest BCUT2D eigenvalue weighted by molar-refractivity contribution is 0.254. The van der Waals surface area contributed by atoms with E-state index in [1.807, 2.05) is 0 Å². The Balaban J connectivity index is 0.00000182. The fourth-order valence-electron chi connectivity index (χ4n) is 4.92. The standard InChI is InChI=1S/C20H30N2OS.H2/c1-20(13-17-4-3-9-22(17)2)14-21-19-6-5-16(12-18(19)20)15-7-10-24(23)11-8-15;/h5-6,12,15,17,21H,3-4,7-11,13-14H2,1-2H3;1H/t15?,17-,20?,24?;/m1./s1. The Bertz CT molecular complexity index is 643. The third-order valence-corrected chi connectivity index (χ3v) is 7.96. The molecule has 0 aromatic heterocycles. The van der Waals surface area contributed by atoms with Crippen molar-refractivity contribution in [2.45, 2.75) is 56.4 Å². The second kappa shape index (κ2) is 6.45. The number of likely N-dealkylation sites (tertiary alicyclic amines) is 1. The summed E-state index contributed by atoms with van der Waals surface area (Å²) in [6.45, 7) is 4.75. The Hall–Kier alpha value is -0.870. The number of rotatable bonds is 3. The van der Waals surface area contributed by atoms with Crippen molar-refractivity contribution in [2.24, 2.45) is 0 Å². The topological polar surface area (TPSA) is 32.3 Å². The monoisotopic (exact) mass is 348 g/mol. The molecule has 1 unspecified atom stereocenters. The van der Waals surface area contributed by atoms with E-state index >= 15 is 0 Å². The molecule has 0 bridgehead atoms. The zero-order chi connectivity index (χ0) is 16.7. The summed E-state index contributed by atoms with van der Waals surface area (Å²) in [6.07, 6.45) is 6.11. The van der Waals surface area contributed by atoms with Crippen molar-refractivity contribution in [2.75, 3.05) is 37.0 Å². The number of fused-ring (bicyclic) bond motifs is 1. The van der Waals surface area contributed by atoms with Crippen LogP contribution >= 0.6 is 0 Å². The van der Waals surface area contributed by atoms with E-state index in [4.69, 9.17) is 0 Å². The number of benzene rings is 1. The van der Waals surface area contributed by atoms with Crippen molar-refractivity contribution in [3.05, 3.63) is 29.3 Å². The van der Waals surface area contributed by atoms with E-state index < -0.39 is 10.8 Å². The summed E-state index contributed by atoms with van der Waals surface area (Å²) in [5, 5.41) is 3.65. The molecular formula is C20H32N2OS. The van der Waals surface area contributed by atoms with Crippen LogP contribution < -0.4 is 5.32 Å². The number of anilines is 1. The average Bonchev–Trinajstić information content (AvgIpc) is 3.12. The van der Waals surface area contributed by atoms with Gasteiger partial charge in [0.1, 0.15) is 0 Å². The molecule has 0 spiro atoms. The van der Waals surface area contributed by atoms with E-state index in [0.717, 1.165) is 36.9 Å². The maximum absolute atomic E-state index is 11.7. The normalized spacial score (nSPS) is 36.5. The molecule has 2 saturated heterocycles. The molecule has 3 heterocycles. The van der Waals surface area contributed by atoms with Crippen LogP contribution in [0.25, 0.3) is 0 Å². The van der Waals surface area contributed by atoms with Gasteiger partial charge in [0.15, 0.2) is 0 Å². The predicted octanol–water partition coefficient (Wildman–Crippen LogP) is 3.73. The van der Waals surface area contributed by atoms with E-state index in [1.165, 1.54) is 42.6 Å². The molecule has 2 atom stereocenters. The minimum Gasteiger partial charge on any atom is -0.384 e. The first kappa shape index (κ1) is 16.6. The molecule has 0 amide bonds. The molecule has 1 N–H and O–H groups in total. The Labute approximate surface area is 150 Å². The van der Waals surface area contributed by atoms with Crippen LogP contribution in [0, 0.1) is 0 Å². The van der Waals surface area contributed by atoms with Crippen molar-refractivity contribution in [3.63, 3.8) is 0 Å². The van der Waals surface area contributed by atoms with Gasteiger partial charge in [-0.1, -0.05) is 19.1 Å². The number of hydrogen-bond donors (Lipinski definition) is 1. The molecule has 3 aliphatic rings. The van der Waals surface area contributed by atoms with Crippen molar-refractivity contribution < 1.29 is 5.64 Å². The first-order valence-electron chi connectivity index (χ1n) is 9.49. The quantitative estimate of drug-likeness (QED) is 0.903. The Morgan fingerprint density at radius 3 is 2.83 bits per heavy atom. The van der Waals surface area contributed by atoms with E-state index in [1.54, 1.807) is 0 Å². The van der Waals surface area contributed by atoms with E-state index in [-0.39, 0.29) is 6.84 Å². The van der Waals surface area contributed by atoms with Crippen molar-refractivity contribution in [1.82, 2.24) is 4.90 Å². The van der Waals surface area contributed by atoms with Gasteiger partial charge in [0.05, 0.1) is 0 Å². The summed E-state index contributed by atoms with van der Waals surface area (Å²) in [5.41, 5.74) is 4.57. The molecular weight excluding hydrogens is 316 g/mol. The van der Waals surface area contributed by atoms with Gasteiger partial charge < -0.3 is 10.2 Å². The van der Waals surface area contributed by atoms with Gasteiger partial charge in [-0.3, -0.25) is 4.21 Å². The van der Waals surface area contributed by atoms with Crippen LogP contribution in [0.2, 0.25) is 0 Å². The largest absolute Gasteiger partial charge is 0.384 e. The van der Waals surface area contributed by atoms with Crippen LogP contribution in [-0.4, -0.2) is 46.8 Å². The van der Waals surface area contributed by atoms with Crippen LogP contribution in [0.15, 0.2) is 18.2 Å². The molecule has 2 fully saturated rings. The van der Waals surface area contributed by atoms with Gasteiger partial charge in [-0.25, -0.2) is 0 Å². The highest BCUT2D eigenvalue weighted by Crippen LogP contribution is 2.43. The second-order valence-corrected chi connectivity index (χ2v) is 10.0. The minimum atomic E-state index is -0.574. The maximum atomic E-state index is 11.7. The molecule has 0 saturated carbocycles. The predicted molar refractivity (Wildman–Crippen MR) is 105 cm³/mol. The fraction of sp³-hybridized carbons (Fsp3) is 0.700. The third-order valence-electron chi connectivity index (χ3n) is 6.58. The minimum absolute atomic E-state index is 0. The maximum Gasteiger partial charge on any atom is 0.0379 e. The highest BCUT2D eigenvalue weighted by molar-refractivity contribution is 7.85. The van der Waals surface area contributed by atoms with Crippen LogP contribution in [-0.2, 0) is 16.2 Å². The number of hydrogen-bond acceptors (Lipinski definition) is 3. The van der Waals surface area contributed by atoms with Crippen molar-refractivity contribution in [3.8, 4) is 0 Å². The molecule has 3 nitrogen and oxygen atoms in total. The highest BCUT2D eigenvalue weighted by atomic mass is 32.2. The Kier molecular flexibility index (Phi) is 4.46. The van der Waals surface area contributed by atoms with Gasteiger partial charge in [0, 0.05) is 47.4 Å². The lowest BCUT2D eigenvalue weighted by Crippen LogP contribution is -2.35. The van der Waals surface area contributed by atoms with Gasteiger partial charge >= 0.3 is 0 Å². The summed E-state index contributed by atoms with van der Waals surface area (Å²) in [5.74, 6) is 2.36. The van der Waals surface area contributed by atoms with Crippen LogP contribution in [0.4, 0.5) is 5.69 Å². The summed E-state index contributed by atoms with van der Waals surface area (Å²) < 4.78 is 11.7. The molecule has 24 heavy (non-hydrogen) atoms. The molecule has 0 aliphatic carbocycles. The van der Waals surface area contributed by atoms with Gasteiger partial charge in [-0.2, -0.15) is 0 Å². The summed E-state index contributed by atoms with van der Waals surface area (Å²) in [4.78, 5) is 2.55. The second-order valence-electron chi connectivity index (χ2n) is 8.32. The zero-order valence-electron chi connectivity index (χ0n) is 15.0.